The molecule has 0 saturated heterocycles. The van der Waals surface area contributed by atoms with Crippen molar-refractivity contribution < 1.29 is 0 Å². The van der Waals surface area contributed by atoms with E-state index in [0.29, 0.717) is 12.1 Å². The SMILES string of the molecule is CC(C)N(CC[N-]c1ccccc1P(c1ccccc1)c1ccccc1)C(C)C. The van der Waals surface area contributed by atoms with E-state index in [2.05, 4.69) is 118 Å². The molecule has 0 spiro atoms. The van der Waals surface area contributed by atoms with Gasteiger partial charge in [0, 0.05) is 12.1 Å². The minimum Gasteiger partial charge on any atom is -0.683 e. The van der Waals surface area contributed by atoms with Crippen LogP contribution < -0.4 is 15.9 Å². The van der Waals surface area contributed by atoms with Crippen LogP contribution in [0.5, 0.6) is 0 Å². The maximum Gasteiger partial charge on any atom is 0.00406 e. The molecule has 3 rings (SSSR count). The lowest BCUT2D eigenvalue weighted by atomic mass is 10.2. The van der Waals surface area contributed by atoms with Crippen LogP contribution in [0.1, 0.15) is 27.7 Å². The van der Waals surface area contributed by atoms with Gasteiger partial charge in [0.2, 0.25) is 0 Å². The smallest absolute Gasteiger partial charge is 0.00406 e. The molecule has 0 aliphatic heterocycles. The van der Waals surface area contributed by atoms with Gasteiger partial charge in [-0.1, -0.05) is 84.9 Å². The Morgan fingerprint density at radius 3 is 1.69 bits per heavy atom. The van der Waals surface area contributed by atoms with Crippen LogP contribution in [0.3, 0.4) is 0 Å². The summed E-state index contributed by atoms with van der Waals surface area (Å²) >= 11 is 0. The molecule has 0 aromatic heterocycles. The Hall–Kier alpha value is -2.15. The molecule has 3 heteroatoms. The summed E-state index contributed by atoms with van der Waals surface area (Å²) in [6.45, 7) is 10.9. The first-order valence-electron chi connectivity index (χ1n) is 10.5. The second kappa shape index (κ2) is 10.6. The van der Waals surface area contributed by atoms with E-state index in [1.807, 2.05) is 0 Å². The van der Waals surface area contributed by atoms with Crippen molar-refractivity contribution in [3.05, 3.63) is 90.2 Å². The number of hydrogen-bond acceptors (Lipinski definition) is 1. The number of nitrogens with zero attached hydrogens (tertiary/aromatic N) is 2. The van der Waals surface area contributed by atoms with Crippen LogP contribution in [0, 0.1) is 0 Å². The van der Waals surface area contributed by atoms with Crippen molar-refractivity contribution in [1.29, 1.82) is 0 Å². The Bertz CT molecular complexity index is 815. The standard InChI is InChI=1S/C26H32N2P/c1-21(2)28(22(3)4)20-19-27-25-17-11-12-18-26(25)29(23-13-7-5-8-14-23)24-15-9-6-10-16-24/h5-18,21-22H,19-20H2,1-4H3/q-1. The van der Waals surface area contributed by atoms with E-state index in [0.717, 1.165) is 18.8 Å². The van der Waals surface area contributed by atoms with Gasteiger partial charge in [0.05, 0.1) is 0 Å². The van der Waals surface area contributed by atoms with E-state index in [-0.39, 0.29) is 0 Å². The molecule has 0 aliphatic carbocycles. The molecule has 3 aromatic rings. The molecule has 0 radical (unpaired) electrons. The maximum atomic E-state index is 5.06. The normalized spacial score (nSPS) is 11.6. The first-order valence-corrected chi connectivity index (χ1v) is 11.8. The summed E-state index contributed by atoms with van der Waals surface area (Å²) in [6, 6.07) is 31.4. The molecule has 3 aromatic carbocycles. The molecule has 0 saturated carbocycles. The summed E-state index contributed by atoms with van der Waals surface area (Å²) in [5.74, 6) is 0. The van der Waals surface area contributed by atoms with E-state index in [4.69, 9.17) is 5.32 Å². The molecule has 2 nitrogen and oxygen atoms in total. The lowest BCUT2D eigenvalue weighted by molar-refractivity contribution is 0.183. The zero-order valence-electron chi connectivity index (χ0n) is 18.0. The van der Waals surface area contributed by atoms with Crippen molar-refractivity contribution in [3.8, 4) is 0 Å². The van der Waals surface area contributed by atoms with E-state index in [1.54, 1.807) is 0 Å². The zero-order chi connectivity index (χ0) is 20.6. The average molecular weight is 404 g/mol. The van der Waals surface area contributed by atoms with Crippen molar-refractivity contribution in [2.45, 2.75) is 39.8 Å². The highest BCUT2D eigenvalue weighted by Gasteiger charge is 2.16. The van der Waals surface area contributed by atoms with Gasteiger partial charge in [-0.05, 0) is 58.1 Å². The fourth-order valence-corrected chi connectivity index (χ4v) is 6.17. The van der Waals surface area contributed by atoms with Crippen LogP contribution in [0.4, 0.5) is 5.69 Å². The van der Waals surface area contributed by atoms with Crippen LogP contribution in [0.25, 0.3) is 5.32 Å². The Balaban J connectivity index is 1.89. The fourth-order valence-electron chi connectivity index (χ4n) is 3.77. The first kappa shape index (κ1) is 21.6. The number of benzene rings is 3. The minimum absolute atomic E-state index is 0.534. The average Bonchev–Trinajstić information content (AvgIpc) is 2.73. The van der Waals surface area contributed by atoms with Crippen LogP contribution in [-0.2, 0) is 0 Å². The fraction of sp³-hybridized carbons (Fsp3) is 0.308. The molecule has 0 unspecified atom stereocenters. The molecule has 0 heterocycles. The lowest BCUT2D eigenvalue weighted by Gasteiger charge is -2.35. The highest BCUT2D eigenvalue weighted by atomic mass is 31.1. The topological polar surface area (TPSA) is 17.3 Å². The predicted molar refractivity (Wildman–Crippen MR) is 130 cm³/mol. The molecule has 29 heavy (non-hydrogen) atoms. The van der Waals surface area contributed by atoms with Crippen molar-refractivity contribution in [3.63, 3.8) is 0 Å². The van der Waals surface area contributed by atoms with Gasteiger partial charge in [-0.3, -0.25) is 0 Å². The van der Waals surface area contributed by atoms with Crippen LogP contribution in [0.2, 0.25) is 0 Å². The van der Waals surface area contributed by atoms with Crippen LogP contribution >= 0.6 is 7.92 Å². The largest absolute Gasteiger partial charge is 0.683 e. The molecule has 0 amide bonds. The van der Waals surface area contributed by atoms with Gasteiger partial charge in [0.15, 0.2) is 0 Å². The van der Waals surface area contributed by atoms with Crippen LogP contribution in [0.15, 0.2) is 84.9 Å². The van der Waals surface area contributed by atoms with Gasteiger partial charge in [-0.25, -0.2) is 0 Å². The van der Waals surface area contributed by atoms with E-state index in [9.17, 15) is 0 Å². The molecule has 152 valence electrons. The first-order chi connectivity index (χ1) is 14.1. The van der Waals surface area contributed by atoms with Gasteiger partial charge in [-0.15, -0.1) is 12.2 Å². The van der Waals surface area contributed by atoms with Crippen LogP contribution in [-0.4, -0.2) is 30.1 Å². The predicted octanol–water partition coefficient (Wildman–Crippen LogP) is 5.57. The molecule has 0 N–H and O–H groups in total. The molecular weight excluding hydrogens is 371 g/mol. The van der Waals surface area contributed by atoms with Gasteiger partial charge < -0.3 is 10.2 Å². The summed E-state index contributed by atoms with van der Waals surface area (Å²) in [5, 5.41) is 9.12. The van der Waals surface area contributed by atoms with E-state index < -0.39 is 7.92 Å². The van der Waals surface area contributed by atoms with Gasteiger partial charge in [0.1, 0.15) is 0 Å². The molecule has 0 fully saturated rings. The molecule has 0 aliphatic rings. The lowest BCUT2D eigenvalue weighted by Crippen LogP contribution is -2.38. The summed E-state index contributed by atoms with van der Waals surface area (Å²) in [5.41, 5.74) is 1.12. The number of rotatable bonds is 9. The Labute approximate surface area is 177 Å². The highest BCUT2D eigenvalue weighted by molar-refractivity contribution is 7.80. The van der Waals surface area contributed by atoms with E-state index in [1.165, 1.54) is 15.9 Å². The number of para-hydroxylation sites is 1. The summed E-state index contributed by atoms with van der Waals surface area (Å²) in [7, 11) is -0.631. The van der Waals surface area contributed by atoms with Crippen molar-refractivity contribution in [2.24, 2.45) is 0 Å². The maximum absolute atomic E-state index is 5.06. The molecule has 0 atom stereocenters. The Kier molecular flexibility index (Phi) is 7.86. The van der Waals surface area contributed by atoms with Gasteiger partial charge in [-0.2, -0.15) is 0 Å². The molecular formula is C26H32N2P-. The van der Waals surface area contributed by atoms with Gasteiger partial charge in [0.25, 0.3) is 0 Å². The van der Waals surface area contributed by atoms with E-state index >= 15 is 0 Å². The third-order valence-corrected chi connectivity index (χ3v) is 7.61. The molecule has 0 bridgehead atoms. The van der Waals surface area contributed by atoms with Crippen molar-refractivity contribution in [1.82, 2.24) is 4.90 Å². The Morgan fingerprint density at radius 2 is 1.17 bits per heavy atom. The second-order valence-corrected chi connectivity index (χ2v) is 9.99. The summed E-state index contributed by atoms with van der Waals surface area (Å²) in [4.78, 5) is 2.50. The third kappa shape index (κ3) is 5.69. The minimum atomic E-state index is -0.631. The van der Waals surface area contributed by atoms with Crippen molar-refractivity contribution in [2.75, 3.05) is 13.1 Å². The second-order valence-electron chi connectivity index (χ2n) is 7.80. The Morgan fingerprint density at radius 1 is 0.690 bits per heavy atom. The van der Waals surface area contributed by atoms with Gasteiger partial charge >= 0.3 is 0 Å². The monoisotopic (exact) mass is 403 g/mol. The highest BCUT2D eigenvalue weighted by Crippen LogP contribution is 2.37. The number of hydrogen-bond donors (Lipinski definition) is 0. The summed E-state index contributed by atoms with van der Waals surface area (Å²) < 4.78 is 0. The third-order valence-electron chi connectivity index (χ3n) is 5.12. The summed E-state index contributed by atoms with van der Waals surface area (Å²) in [6.07, 6.45) is 0. The quantitative estimate of drug-likeness (QED) is 0.427. The van der Waals surface area contributed by atoms with Crippen molar-refractivity contribution >= 4 is 29.5 Å². The zero-order valence-corrected chi connectivity index (χ0v) is 18.9.